The summed E-state index contributed by atoms with van der Waals surface area (Å²) in [5.74, 6) is -0.952. The minimum atomic E-state index is -0.801. The summed E-state index contributed by atoms with van der Waals surface area (Å²) in [7, 11) is 0. The van der Waals surface area contributed by atoms with E-state index in [0.29, 0.717) is 10.2 Å². The minimum Gasteiger partial charge on any atom is -0.256 e. The molecule has 0 unspecified atom stereocenters. The third-order valence-electron chi connectivity index (χ3n) is 0.945. The molecule has 2 heterocycles. The molecule has 0 aliphatic rings. The number of hydrogen-bond acceptors (Lipinski definition) is 9. The largest absolute Gasteiger partial charge is 0.442 e. The lowest BCUT2D eigenvalue weighted by Gasteiger charge is -2.06. The highest BCUT2D eigenvalue weighted by Gasteiger charge is 2.11. The molecule has 0 spiro atoms. The molecule has 2 rings (SSSR count). The molecular formula is C3H3N5O6. The second-order valence-electron chi connectivity index (χ2n) is 1.86. The molecule has 0 amide bonds. The van der Waals surface area contributed by atoms with Crippen LogP contribution >= 0.6 is 0 Å². The van der Waals surface area contributed by atoms with Crippen molar-refractivity contribution in [2.75, 3.05) is 0 Å². The van der Waals surface area contributed by atoms with Crippen LogP contribution in [0.2, 0.25) is 0 Å². The van der Waals surface area contributed by atoms with Crippen LogP contribution < -0.4 is 21.2 Å². The molecule has 0 aliphatic heterocycles. The highest BCUT2D eigenvalue weighted by Crippen LogP contribution is 1.82. The molecule has 76 valence electrons. The minimum absolute atomic E-state index is 0.357. The standard InChI is InChI=1S/C3H3N5O6/c4-1-9-7(10-1)13-3(6)14-8-11-2(5)12-8/h4-6H. The van der Waals surface area contributed by atoms with Gasteiger partial charge in [0.05, 0.1) is 0 Å². The Morgan fingerprint density at radius 1 is 0.929 bits per heavy atom. The van der Waals surface area contributed by atoms with E-state index in [4.69, 9.17) is 16.2 Å². The quantitative estimate of drug-likeness (QED) is 0.385. The predicted octanol–water partition coefficient (Wildman–Crippen LogP) is -1.89. The molecule has 0 fully saturated rings. The van der Waals surface area contributed by atoms with Gasteiger partial charge in [-0.05, 0) is 0 Å². The van der Waals surface area contributed by atoms with E-state index in [-0.39, 0.29) is 0 Å². The summed E-state index contributed by atoms with van der Waals surface area (Å²) in [5, 5.41) is 21.0. The van der Waals surface area contributed by atoms with Crippen molar-refractivity contribution in [2.45, 2.75) is 0 Å². The second kappa shape index (κ2) is 2.72. The van der Waals surface area contributed by atoms with Gasteiger partial charge < -0.3 is 0 Å². The molecule has 0 bridgehead atoms. The Morgan fingerprint density at radius 3 is 1.57 bits per heavy atom. The van der Waals surface area contributed by atoms with Crippen LogP contribution in [0.1, 0.15) is 0 Å². The maximum atomic E-state index is 6.97. The van der Waals surface area contributed by atoms with Gasteiger partial charge in [-0.2, -0.15) is 0 Å². The summed E-state index contributed by atoms with van der Waals surface area (Å²) in [6.45, 7) is 0. The molecule has 11 heteroatoms. The van der Waals surface area contributed by atoms with Gasteiger partial charge >= 0.3 is 17.6 Å². The van der Waals surface area contributed by atoms with Gasteiger partial charge in [0.2, 0.25) is 0 Å². The molecule has 3 N–H and O–H groups in total. The number of aromatic nitrogens is 2. The fraction of sp³-hybridized carbons (Fsp3) is 0. The first-order valence-corrected chi connectivity index (χ1v) is 3.07. The van der Waals surface area contributed by atoms with E-state index in [1.54, 1.807) is 0 Å². The van der Waals surface area contributed by atoms with Gasteiger partial charge in [-0.1, -0.05) is 0 Å². The fourth-order valence-electron chi connectivity index (χ4n) is 0.511. The van der Waals surface area contributed by atoms with Crippen LogP contribution in [0.4, 0.5) is 0 Å². The zero-order valence-corrected chi connectivity index (χ0v) is 6.34. The summed E-state index contributed by atoms with van der Waals surface area (Å²) < 4.78 is 17.1. The Balaban J connectivity index is 1.87. The average molecular weight is 205 g/mol. The van der Waals surface area contributed by atoms with E-state index in [0.717, 1.165) is 0 Å². The first-order valence-electron chi connectivity index (χ1n) is 3.07. The lowest BCUT2D eigenvalue weighted by atomic mass is 11.3. The van der Waals surface area contributed by atoms with E-state index < -0.39 is 17.6 Å². The zero-order valence-electron chi connectivity index (χ0n) is 6.34. The van der Waals surface area contributed by atoms with Crippen LogP contribution in [-0.4, -0.2) is 16.2 Å². The highest BCUT2D eigenvalue weighted by molar-refractivity contribution is 5.62. The van der Waals surface area contributed by atoms with Gasteiger partial charge in [-0.3, -0.25) is 27.8 Å². The Kier molecular flexibility index (Phi) is 1.56. The third kappa shape index (κ3) is 1.45. The van der Waals surface area contributed by atoms with Crippen LogP contribution in [0.5, 0.6) is 0 Å². The number of nitrogens with zero attached hydrogens (tertiary/aromatic N) is 2. The zero-order chi connectivity index (χ0) is 10.1. The summed E-state index contributed by atoms with van der Waals surface area (Å²) in [5.41, 5.74) is 0. The lowest BCUT2D eigenvalue weighted by Crippen LogP contribution is -2.36. The molecule has 0 radical (unpaired) electrons. The topological polar surface area (TPSA) is 152 Å². The normalized spacial score (nSPS) is 10.3. The van der Waals surface area contributed by atoms with Crippen LogP contribution in [0, 0.1) is 16.2 Å². The van der Waals surface area contributed by atoms with Crippen molar-refractivity contribution in [3.05, 3.63) is 11.5 Å². The SMILES string of the molecule is N=C(On1oc(=N)o1)On1oc(=N)o1. The van der Waals surface area contributed by atoms with Crippen molar-refractivity contribution < 1.29 is 27.8 Å². The number of hydrogen-bond donors (Lipinski definition) is 3. The molecule has 14 heavy (non-hydrogen) atoms. The average Bonchev–Trinajstić information content (AvgIpc) is 1.98. The van der Waals surface area contributed by atoms with Gasteiger partial charge in [-0.25, -0.2) is 16.2 Å². The third-order valence-corrected chi connectivity index (χ3v) is 0.945. The van der Waals surface area contributed by atoms with Crippen LogP contribution in [-0.2, 0) is 0 Å². The Hall–Kier alpha value is -2.59. The first kappa shape index (κ1) is 8.03. The Morgan fingerprint density at radius 2 is 1.29 bits per heavy atom. The molecule has 2 aromatic rings. The summed E-state index contributed by atoms with van der Waals surface area (Å²) >= 11 is 0. The monoisotopic (exact) mass is 205 g/mol. The number of nitrogens with one attached hydrogen (secondary N) is 3. The number of rotatable bonds is 2. The van der Waals surface area contributed by atoms with E-state index >= 15 is 0 Å². The van der Waals surface area contributed by atoms with E-state index in [9.17, 15) is 0 Å². The maximum absolute atomic E-state index is 6.97. The van der Waals surface area contributed by atoms with E-state index in [1.807, 2.05) is 0 Å². The summed E-state index contributed by atoms with van der Waals surface area (Å²) in [4.78, 5) is 8.67. The van der Waals surface area contributed by atoms with Crippen LogP contribution in [0.15, 0.2) is 18.1 Å². The predicted molar refractivity (Wildman–Crippen MR) is 30.5 cm³/mol. The summed E-state index contributed by atoms with van der Waals surface area (Å²) in [6, 6.07) is 0. The molecule has 0 saturated heterocycles. The molecule has 2 aromatic heterocycles. The molecule has 0 aromatic carbocycles. The molecule has 0 saturated carbocycles. The molecule has 11 nitrogen and oxygen atoms in total. The highest BCUT2D eigenvalue weighted by atomic mass is 17.1. The van der Waals surface area contributed by atoms with Gasteiger partial charge in [0, 0.05) is 0 Å². The smallest absolute Gasteiger partial charge is 0.256 e. The summed E-state index contributed by atoms with van der Waals surface area (Å²) in [6.07, 6.45) is -0.801. The van der Waals surface area contributed by atoms with Crippen molar-refractivity contribution >= 4 is 6.08 Å². The van der Waals surface area contributed by atoms with Crippen LogP contribution in [0.25, 0.3) is 0 Å². The van der Waals surface area contributed by atoms with Crippen LogP contribution in [0.3, 0.4) is 0 Å². The van der Waals surface area contributed by atoms with Crippen molar-refractivity contribution in [3.63, 3.8) is 0 Å². The van der Waals surface area contributed by atoms with E-state index in [1.165, 1.54) is 0 Å². The first-order chi connectivity index (χ1) is 6.63. The van der Waals surface area contributed by atoms with Gasteiger partial charge in [-0.15, -0.1) is 0 Å². The Bertz CT molecular complexity index is 451. The molecular weight excluding hydrogens is 202 g/mol. The fourth-order valence-corrected chi connectivity index (χ4v) is 0.511. The van der Waals surface area contributed by atoms with Crippen molar-refractivity contribution in [1.29, 1.82) is 16.2 Å². The maximum Gasteiger partial charge on any atom is 0.442 e. The van der Waals surface area contributed by atoms with Gasteiger partial charge in [0.15, 0.2) is 10.2 Å². The van der Waals surface area contributed by atoms with Crippen molar-refractivity contribution in [2.24, 2.45) is 0 Å². The molecule has 0 atom stereocenters. The van der Waals surface area contributed by atoms with E-state index in [2.05, 4.69) is 27.8 Å². The van der Waals surface area contributed by atoms with Crippen molar-refractivity contribution in [3.8, 4) is 0 Å². The molecule has 0 aliphatic carbocycles. The Labute approximate surface area is 72.9 Å². The second-order valence-corrected chi connectivity index (χ2v) is 1.86. The lowest BCUT2D eigenvalue weighted by molar-refractivity contribution is -0.245. The van der Waals surface area contributed by atoms with Gasteiger partial charge in [0.1, 0.15) is 0 Å². The van der Waals surface area contributed by atoms with Crippen molar-refractivity contribution in [1.82, 2.24) is 10.2 Å². The van der Waals surface area contributed by atoms with Gasteiger partial charge in [0.25, 0.3) is 0 Å².